The molecule has 0 aromatic heterocycles. The van der Waals surface area contributed by atoms with Gasteiger partial charge in [-0.3, -0.25) is 5.43 Å². The average molecular weight is 263 g/mol. The van der Waals surface area contributed by atoms with Crippen molar-refractivity contribution in [3.8, 4) is 0 Å². The van der Waals surface area contributed by atoms with E-state index < -0.39 is 0 Å². The van der Waals surface area contributed by atoms with Crippen molar-refractivity contribution < 1.29 is 0 Å². The molecule has 1 saturated heterocycles. The predicted octanol–water partition coefficient (Wildman–Crippen LogP) is -0.143. The Hall–Kier alpha value is -1.67. The molecular weight excluding hydrogens is 242 g/mol. The molecule has 0 atom stereocenters. The molecule has 5 N–H and O–H groups in total. The van der Waals surface area contributed by atoms with Gasteiger partial charge in [-0.05, 0) is 31.5 Å². The first-order valence-corrected chi connectivity index (χ1v) is 6.48. The largest absolute Gasteiger partial charge is 0.372 e. The lowest BCUT2D eigenvalue weighted by molar-refractivity contribution is 0.439. The third-order valence-corrected chi connectivity index (χ3v) is 2.93. The fraction of sp³-hybridized carbons (Fsp3) is 0.417. The van der Waals surface area contributed by atoms with Crippen LogP contribution in [0.5, 0.6) is 0 Å². The third-order valence-electron chi connectivity index (χ3n) is 2.93. The molecule has 1 aliphatic heterocycles. The lowest BCUT2D eigenvalue weighted by Gasteiger charge is -2.20. The number of hydrazine groups is 3. The van der Waals surface area contributed by atoms with Gasteiger partial charge in [-0.25, -0.2) is 10.9 Å². The summed E-state index contributed by atoms with van der Waals surface area (Å²) in [7, 11) is 0. The summed E-state index contributed by atoms with van der Waals surface area (Å²) in [4.78, 5) is 2.31. The second-order valence-electron chi connectivity index (χ2n) is 4.12. The standard InChI is InChI=1S/C12H21N7/c1-3-19(4-2)11-7-5-10(6-8-11)9-13-14-12-15-17-18-16-12/h5-9,12,14-18H,3-4H2,1-2H3/b13-9+. The van der Waals surface area contributed by atoms with Crippen LogP contribution >= 0.6 is 0 Å². The molecule has 0 spiro atoms. The Balaban J connectivity index is 1.88. The van der Waals surface area contributed by atoms with Crippen LogP contribution in [0.1, 0.15) is 19.4 Å². The highest BCUT2D eigenvalue weighted by molar-refractivity contribution is 5.80. The zero-order chi connectivity index (χ0) is 13.5. The Bertz CT molecular complexity index is 393. The zero-order valence-electron chi connectivity index (χ0n) is 11.3. The van der Waals surface area contributed by atoms with Gasteiger partial charge in [-0.15, -0.1) is 0 Å². The normalized spacial score (nSPS) is 16.1. The zero-order valence-corrected chi connectivity index (χ0v) is 11.3. The fourth-order valence-corrected chi connectivity index (χ4v) is 1.86. The molecule has 0 aliphatic carbocycles. The lowest BCUT2D eigenvalue weighted by Crippen LogP contribution is -2.44. The van der Waals surface area contributed by atoms with Gasteiger partial charge >= 0.3 is 0 Å². The maximum absolute atomic E-state index is 4.14. The third kappa shape index (κ3) is 3.90. The molecule has 104 valence electrons. The molecule has 0 saturated carbocycles. The van der Waals surface area contributed by atoms with E-state index in [4.69, 9.17) is 0 Å². The SMILES string of the molecule is CCN(CC)c1ccc(/C=N/NC2NNNN2)cc1. The summed E-state index contributed by atoms with van der Waals surface area (Å²) in [6.45, 7) is 6.36. The summed E-state index contributed by atoms with van der Waals surface area (Å²) >= 11 is 0. The van der Waals surface area contributed by atoms with Crippen LogP contribution in [0, 0.1) is 0 Å². The quantitative estimate of drug-likeness (QED) is 0.363. The van der Waals surface area contributed by atoms with E-state index in [0.29, 0.717) is 0 Å². The number of anilines is 1. The van der Waals surface area contributed by atoms with Gasteiger partial charge in [0.15, 0.2) is 6.29 Å². The van der Waals surface area contributed by atoms with Crippen LogP contribution in [0.4, 0.5) is 5.69 Å². The van der Waals surface area contributed by atoms with Crippen LogP contribution in [0.2, 0.25) is 0 Å². The number of hydrogen-bond donors (Lipinski definition) is 5. The van der Waals surface area contributed by atoms with Crippen LogP contribution in [0.3, 0.4) is 0 Å². The summed E-state index contributed by atoms with van der Waals surface area (Å²) < 4.78 is 0. The number of hydrogen-bond acceptors (Lipinski definition) is 7. The van der Waals surface area contributed by atoms with E-state index in [-0.39, 0.29) is 6.29 Å². The minimum Gasteiger partial charge on any atom is -0.372 e. The Labute approximate surface area is 113 Å². The lowest BCUT2D eigenvalue weighted by atomic mass is 10.2. The van der Waals surface area contributed by atoms with Crippen LogP contribution in [-0.2, 0) is 0 Å². The van der Waals surface area contributed by atoms with Gasteiger partial charge in [0.2, 0.25) is 0 Å². The van der Waals surface area contributed by atoms with Crippen LogP contribution in [0.25, 0.3) is 0 Å². The van der Waals surface area contributed by atoms with E-state index in [1.807, 2.05) is 0 Å². The Morgan fingerprint density at radius 2 is 1.79 bits per heavy atom. The Morgan fingerprint density at radius 3 is 2.37 bits per heavy atom. The number of nitrogens with zero attached hydrogens (tertiary/aromatic N) is 2. The van der Waals surface area contributed by atoms with Gasteiger partial charge < -0.3 is 4.90 Å². The first-order chi connectivity index (χ1) is 9.33. The van der Waals surface area contributed by atoms with E-state index in [2.05, 4.69) is 75.5 Å². The summed E-state index contributed by atoms with van der Waals surface area (Å²) in [6, 6.07) is 8.35. The van der Waals surface area contributed by atoms with Gasteiger partial charge in [0.05, 0.1) is 6.21 Å². The molecule has 1 fully saturated rings. The molecule has 0 bridgehead atoms. The maximum atomic E-state index is 4.14. The fourth-order valence-electron chi connectivity index (χ4n) is 1.86. The van der Waals surface area contributed by atoms with E-state index in [1.165, 1.54) is 5.69 Å². The average Bonchev–Trinajstić information content (AvgIpc) is 2.95. The van der Waals surface area contributed by atoms with Crippen LogP contribution in [-0.4, -0.2) is 25.6 Å². The summed E-state index contributed by atoms with van der Waals surface area (Å²) in [5, 5.41) is 4.14. The molecule has 7 heteroatoms. The van der Waals surface area contributed by atoms with Crippen molar-refractivity contribution in [3.63, 3.8) is 0 Å². The number of rotatable bonds is 6. The van der Waals surface area contributed by atoms with E-state index in [1.54, 1.807) is 6.21 Å². The van der Waals surface area contributed by atoms with Gasteiger partial charge in [-0.2, -0.15) is 16.2 Å². The molecule has 2 rings (SSSR count). The van der Waals surface area contributed by atoms with Gasteiger partial charge in [0, 0.05) is 18.8 Å². The predicted molar refractivity (Wildman–Crippen MR) is 77.1 cm³/mol. The molecule has 7 nitrogen and oxygen atoms in total. The van der Waals surface area contributed by atoms with Crippen molar-refractivity contribution in [1.82, 2.24) is 27.3 Å². The smallest absolute Gasteiger partial charge is 0.175 e. The molecule has 1 aromatic carbocycles. The van der Waals surface area contributed by atoms with Crippen molar-refractivity contribution in [2.45, 2.75) is 20.1 Å². The minimum absolute atomic E-state index is 0.133. The molecule has 0 unspecified atom stereocenters. The molecule has 1 aromatic rings. The molecule has 0 radical (unpaired) electrons. The molecule has 1 heterocycles. The summed E-state index contributed by atoms with van der Waals surface area (Å²) in [5.41, 5.74) is 16.4. The van der Waals surface area contributed by atoms with Crippen LogP contribution < -0.4 is 32.2 Å². The minimum atomic E-state index is -0.133. The van der Waals surface area contributed by atoms with E-state index in [0.717, 1.165) is 18.7 Å². The van der Waals surface area contributed by atoms with E-state index in [9.17, 15) is 0 Å². The monoisotopic (exact) mass is 263 g/mol. The Kier molecular flexibility index (Phi) is 5.10. The van der Waals surface area contributed by atoms with Gasteiger partial charge in [-0.1, -0.05) is 12.1 Å². The number of benzene rings is 1. The van der Waals surface area contributed by atoms with Crippen LogP contribution in [0.15, 0.2) is 29.4 Å². The second-order valence-corrected chi connectivity index (χ2v) is 4.12. The van der Waals surface area contributed by atoms with Crippen molar-refractivity contribution >= 4 is 11.9 Å². The molecule has 0 amide bonds. The molecule has 19 heavy (non-hydrogen) atoms. The Morgan fingerprint density at radius 1 is 1.16 bits per heavy atom. The number of hydrazone groups is 1. The van der Waals surface area contributed by atoms with Gasteiger partial charge in [0.25, 0.3) is 0 Å². The first-order valence-electron chi connectivity index (χ1n) is 6.48. The van der Waals surface area contributed by atoms with Crippen molar-refractivity contribution in [2.75, 3.05) is 18.0 Å². The molecular formula is C12H21N7. The van der Waals surface area contributed by atoms with Crippen molar-refractivity contribution in [2.24, 2.45) is 5.10 Å². The highest BCUT2D eigenvalue weighted by Crippen LogP contribution is 2.13. The van der Waals surface area contributed by atoms with Gasteiger partial charge in [0.1, 0.15) is 0 Å². The van der Waals surface area contributed by atoms with E-state index >= 15 is 0 Å². The first kappa shape index (κ1) is 13.8. The number of nitrogens with one attached hydrogen (secondary N) is 5. The topological polar surface area (TPSA) is 75.8 Å². The highest BCUT2D eigenvalue weighted by Gasteiger charge is 2.08. The molecule has 1 aliphatic rings. The second kappa shape index (κ2) is 7.05. The summed E-state index contributed by atoms with van der Waals surface area (Å²) in [6.07, 6.45) is 1.65. The summed E-state index contributed by atoms with van der Waals surface area (Å²) in [5.74, 6) is 0. The van der Waals surface area contributed by atoms with Crippen molar-refractivity contribution in [1.29, 1.82) is 0 Å². The maximum Gasteiger partial charge on any atom is 0.175 e. The highest BCUT2D eigenvalue weighted by atomic mass is 15.9. The van der Waals surface area contributed by atoms with Crippen molar-refractivity contribution in [3.05, 3.63) is 29.8 Å².